The topological polar surface area (TPSA) is 41.1 Å². The van der Waals surface area contributed by atoms with Gasteiger partial charge in [0.25, 0.3) is 0 Å². The Kier molecular flexibility index (Phi) is 5.71. The predicted molar refractivity (Wildman–Crippen MR) is 61.6 cm³/mol. The van der Waals surface area contributed by atoms with Gasteiger partial charge >= 0.3 is 0 Å². The SMILES string of the molecule is C=CCNCC(=O)NC1CCSCC1. The predicted octanol–water partition coefficient (Wildman–Crippen LogP) is 0.774. The third-order valence-corrected chi connectivity index (χ3v) is 3.21. The van der Waals surface area contributed by atoms with Gasteiger partial charge in [-0.05, 0) is 24.3 Å². The molecule has 0 atom stereocenters. The Hall–Kier alpha value is -0.480. The molecule has 0 aromatic carbocycles. The van der Waals surface area contributed by atoms with Crippen LogP contribution in [-0.4, -0.2) is 36.5 Å². The Morgan fingerprint density at radius 3 is 2.86 bits per heavy atom. The zero-order chi connectivity index (χ0) is 10.2. The smallest absolute Gasteiger partial charge is 0.234 e. The van der Waals surface area contributed by atoms with Gasteiger partial charge in [-0.2, -0.15) is 11.8 Å². The van der Waals surface area contributed by atoms with Crippen LogP contribution in [0.1, 0.15) is 12.8 Å². The third-order valence-electron chi connectivity index (χ3n) is 2.16. The lowest BCUT2D eigenvalue weighted by Crippen LogP contribution is -2.42. The molecule has 0 aromatic heterocycles. The van der Waals surface area contributed by atoms with E-state index >= 15 is 0 Å². The number of carbonyl (C=O) groups excluding carboxylic acids is 1. The van der Waals surface area contributed by atoms with Gasteiger partial charge in [0.2, 0.25) is 5.91 Å². The summed E-state index contributed by atoms with van der Waals surface area (Å²) in [5, 5.41) is 6.02. The van der Waals surface area contributed by atoms with E-state index in [-0.39, 0.29) is 5.91 Å². The van der Waals surface area contributed by atoms with Crippen LogP contribution < -0.4 is 10.6 Å². The van der Waals surface area contributed by atoms with E-state index in [4.69, 9.17) is 0 Å². The summed E-state index contributed by atoms with van der Waals surface area (Å²) in [6, 6.07) is 0.397. The maximum atomic E-state index is 11.4. The number of carbonyl (C=O) groups is 1. The largest absolute Gasteiger partial charge is 0.352 e. The van der Waals surface area contributed by atoms with Crippen LogP contribution in [0.3, 0.4) is 0 Å². The van der Waals surface area contributed by atoms with E-state index in [1.165, 1.54) is 11.5 Å². The number of amides is 1. The fourth-order valence-electron chi connectivity index (χ4n) is 1.41. The first-order chi connectivity index (χ1) is 6.83. The van der Waals surface area contributed by atoms with Crippen molar-refractivity contribution in [3.63, 3.8) is 0 Å². The van der Waals surface area contributed by atoms with Gasteiger partial charge in [0.1, 0.15) is 0 Å². The summed E-state index contributed by atoms with van der Waals surface area (Å²) >= 11 is 1.97. The first kappa shape index (κ1) is 11.6. The van der Waals surface area contributed by atoms with Crippen LogP contribution in [0.5, 0.6) is 0 Å². The molecule has 1 amide bonds. The molecular weight excluding hydrogens is 196 g/mol. The van der Waals surface area contributed by atoms with Crippen molar-refractivity contribution in [1.82, 2.24) is 10.6 Å². The summed E-state index contributed by atoms with van der Waals surface area (Å²) in [5.74, 6) is 2.44. The molecular formula is C10H18N2OS. The molecule has 4 heteroatoms. The Balaban J connectivity index is 2.09. The van der Waals surface area contributed by atoms with Crippen LogP contribution in [0.4, 0.5) is 0 Å². The van der Waals surface area contributed by atoms with E-state index in [9.17, 15) is 4.79 Å². The van der Waals surface area contributed by atoms with E-state index in [1.807, 2.05) is 11.8 Å². The van der Waals surface area contributed by atoms with Gasteiger partial charge < -0.3 is 10.6 Å². The van der Waals surface area contributed by atoms with Gasteiger partial charge in [-0.25, -0.2) is 0 Å². The molecule has 1 heterocycles. The highest BCUT2D eigenvalue weighted by molar-refractivity contribution is 7.99. The highest BCUT2D eigenvalue weighted by atomic mass is 32.2. The minimum absolute atomic E-state index is 0.101. The van der Waals surface area contributed by atoms with Crippen molar-refractivity contribution >= 4 is 17.7 Å². The standard InChI is InChI=1S/C10H18N2OS/c1-2-5-11-8-10(13)12-9-3-6-14-7-4-9/h2,9,11H,1,3-8H2,(H,12,13). The van der Waals surface area contributed by atoms with E-state index < -0.39 is 0 Å². The molecule has 2 N–H and O–H groups in total. The molecule has 0 aliphatic carbocycles. The molecule has 0 spiro atoms. The van der Waals surface area contributed by atoms with Gasteiger partial charge in [-0.1, -0.05) is 6.08 Å². The fourth-order valence-corrected chi connectivity index (χ4v) is 2.51. The van der Waals surface area contributed by atoms with Crippen molar-refractivity contribution < 1.29 is 4.79 Å². The lowest BCUT2D eigenvalue weighted by Gasteiger charge is -2.22. The molecule has 80 valence electrons. The van der Waals surface area contributed by atoms with Crippen LogP contribution in [0.2, 0.25) is 0 Å². The minimum Gasteiger partial charge on any atom is -0.352 e. The van der Waals surface area contributed by atoms with Gasteiger partial charge in [-0.3, -0.25) is 4.79 Å². The number of hydrogen-bond acceptors (Lipinski definition) is 3. The highest BCUT2D eigenvalue weighted by Crippen LogP contribution is 2.16. The fraction of sp³-hybridized carbons (Fsp3) is 0.700. The summed E-state index contributed by atoms with van der Waals surface area (Å²) in [6.07, 6.45) is 3.97. The second-order valence-corrected chi connectivity index (χ2v) is 4.60. The van der Waals surface area contributed by atoms with Crippen LogP contribution in [-0.2, 0) is 4.79 Å². The van der Waals surface area contributed by atoms with Crippen LogP contribution in [0, 0.1) is 0 Å². The van der Waals surface area contributed by atoms with E-state index in [2.05, 4.69) is 17.2 Å². The van der Waals surface area contributed by atoms with E-state index in [0.29, 0.717) is 19.1 Å². The van der Waals surface area contributed by atoms with E-state index in [0.717, 1.165) is 12.8 Å². The number of hydrogen-bond donors (Lipinski definition) is 2. The average Bonchev–Trinajstić information content (AvgIpc) is 2.20. The summed E-state index contributed by atoms with van der Waals surface area (Å²) < 4.78 is 0. The second-order valence-electron chi connectivity index (χ2n) is 3.37. The van der Waals surface area contributed by atoms with Crippen molar-refractivity contribution in [1.29, 1.82) is 0 Å². The second kappa shape index (κ2) is 6.90. The summed E-state index contributed by atoms with van der Waals surface area (Å²) in [7, 11) is 0. The minimum atomic E-state index is 0.101. The summed E-state index contributed by atoms with van der Waals surface area (Å²) in [4.78, 5) is 11.4. The molecule has 1 saturated heterocycles. The van der Waals surface area contributed by atoms with Crippen LogP contribution >= 0.6 is 11.8 Å². The number of nitrogens with one attached hydrogen (secondary N) is 2. The van der Waals surface area contributed by atoms with Gasteiger partial charge in [-0.15, -0.1) is 6.58 Å². The quantitative estimate of drug-likeness (QED) is 0.525. The highest BCUT2D eigenvalue weighted by Gasteiger charge is 2.15. The molecule has 14 heavy (non-hydrogen) atoms. The first-order valence-electron chi connectivity index (χ1n) is 5.01. The summed E-state index contributed by atoms with van der Waals surface area (Å²) in [5.41, 5.74) is 0. The zero-order valence-electron chi connectivity index (χ0n) is 8.42. The zero-order valence-corrected chi connectivity index (χ0v) is 9.24. The molecule has 3 nitrogen and oxygen atoms in total. The Morgan fingerprint density at radius 1 is 1.50 bits per heavy atom. The molecule has 1 aliphatic rings. The van der Waals surface area contributed by atoms with Gasteiger partial charge in [0.15, 0.2) is 0 Å². The molecule has 0 radical (unpaired) electrons. The number of thioether (sulfide) groups is 1. The first-order valence-corrected chi connectivity index (χ1v) is 6.17. The Bertz CT molecular complexity index is 191. The molecule has 0 bridgehead atoms. The Morgan fingerprint density at radius 2 is 2.21 bits per heavy atom. The monoisotopic (exact) mass is 214 g/mol. The third kappa shape index (κ3) is 4.67. The maximum absolute atomic E-state index is 11.4. The molecule has 1 aliphatic heterocycles. The number of rotatable bonds is 5. The summed E-state index contributed by atoms with van der Waals surface area (Å²) in [6.45, 7) is 4.66. The lowest BCUT2D eigenvalue weighted by atomic mass is 10.1. The van der Waals surface area contributed by atoms with Crippen molar-refractivity contribution in [3.8, 4) is 0 Å². The molecule has 0 unspecified atom stereocenters. The van der Waals surface area contributed by atoms with Gasteiger partial charge in [0.05, 0.1) is 6.54 Å². The van der Waals surface area contributed by atoms with Crippen molar-refractivity contribution in [2.45, 2.75) is 18.9 Å². The van der Waals surface area contributed by atoms with Crippen molar-refractivity contribution in [3.05, 3.63) is 12.7 Å². The lowest BCUT2D eigenvalue weighted by molar-refractivity contribution is -0.120. The van der Waals surface area contributed by atoms with Crippen LogP contribution in [0.15, 0.2) is 12.7 Å². The maximum Gasteiger partial charge on any atom is 0.234 e. The van der Waals surface area contributed by atoms with Crippen LogP contribution in [0.25, 0.3) is 0 Å². The van der Waals surface area contributed by atoms with E-state index in [1.54, 1.807) is 6.08 Å². The van der Waals surface area contributed by atoms with Gasteiger partial charge in [0, 0.05) is 12.6 Å². The molecule has 1 fully saturated rings. The van der Waals surface area contributed by atoms with Crippen molar-refractivity contribution in [2.24, 2.45) is 0 Å². The molecule has 0 aromatic rings. The Labute approximate surface area is 89.7 Å². The normalized spacial score (nSPS) is 17.7. The average molecular weight is 214 g/mol. The van der Waals surface area contributed by atoms with Crippen molar-refractivity contribution in [2.75, 3.05) is 24.6 Å². The molecule has 0 saturated carbocycles. The molecule has 1 rings (SSSR count).